The fraction of sp³-hybridized carbons (Fsp3) is 0.0909. The lowest BCUT2D eigenvalue weighted by atomic mass is 9.93. The van der Waals surface area contributed by atoms with Gasteiger partial charge in [-0.2, -0.15) is 0 Å². The van der Waals surface area contributed by atoms with Gasteiger partial charge in [-0.1, -0.05) is 77.5 Å². The molecule has 0 bridgehead atoms. The summed E-state index contributed by atoms with van der Waals surface area (Å²) in [4.78, 5) is 44.2. The Morgan fingerprint density at radius 3 is 2.49 bits per heavy atom. The van der Waals surface area contributed by atoms with E-state index in [9.17, 15) is 19.5 Å². The molecule has 214 valence electrons. The molecule has 10 heteroatoms. The molecule has 6 rings (SSSR count). The number of aromatic carboxylic acids is 1. The van der Waals surface area contributed by atoms with Crippen LogP contribution in [0, 0.1) is 0 Å². The van der Waals surface area contributed by atoms with E-state index < -0.39 is 18.0 Å². The molecule has 0 radical (unpaired) electrons. The lowest BCUT2D eigenvalue weighted by molar-refractivity contribution is -0.138. The van der Waals surface area contributed by atoms with Crippen molar-refractivity contribution in [2.45, 2.75) is 13.0 Å². The van der Waals surface area contributed by atoms with E-state index in [-0.39, 0.29) is 23.3 Å². The van der Waals surface area contributed by atoms with Gasteiger partial charge in [-0.15, -0.1) is 0 Å². The summed E-state index contributed by atoms with van der Waals surface area (Å²) < 4.78 is 13.3. The third-order valence-corrected chi connectivity index (χ3v) is 8.09. The normalized spacial score (nSPS) is 14.7. The Hall–Kier alpha value is -4.99. The summed E-state index contributed by atoms with van der Waals surface area (Å²) in [6.45, 7) is 1.88. The van der Waals surface area contributed by atoms with E-state index in [0.717, 1.165) is 0 Å². The Kier molecular flexibility index (Phi) is 7.67. The van der Waals surface area contributed by atoms with Crippen LogP contribution in [0.1, 0.15) is 40.2 Å². The van der Waals surface area contributed by atoms with Crippen LogP contribution in [0.3, 0.4) is 0 Å². The zero-order chi connectivity index (χ0) is 30.1. The number of carbonyl (C=O) groups is 2. The maximum Gasteiger partial charge on any atom is 0.338 e. The van der Waals surface area contributed by atoms with E-state index in [1.165, 1.54) is 28.0 Å². The summed E-state index contributed by atoms with van der Waals surface area (Å²) in [7, 11) is 0. The molecule has 0 aliphatic carbocycles. The van der Waals surface area contributed by atoms with Crippen molar-refractivity contribution in [3.8, 4) is 11.3 Å². The zero-order valence-corrected chi connectivity index (χ0v) is 24.3. The molecular weight excluding hydrogens is 588 g/mol. The number of carboxylic acids is 1. The lowest BCUT2D eigenvalue weighted by Gasteiger charge is -2.25. The fourth-order valence-electron chi connectivity index (χ4n) is 4.92. The van der Waals surface area contributed by atoms with Crippen LogP contribution in [0.2, 0.25) is 5.02 Å². The molecule has 1 N–H and O–H groups in total. The minimum absolute atomic E-state index is 0.137. The van der Waals surface area contributed by atoms with E-state index in [4.69, 9.17) is 25.7 Å². The molecule has 0 unspecified atom stereocenters. The molecule has 3 aromatic carbocycles. The van der Waals surface area contributed by atoms with Crippen LogP contribution < -0.4 is 14.9 Å². The fourth-order valence-corrected chi connectivity index (χ4v) is 6.03. The molecule has 5 aromatic rings. The molecule has 1 atom stereocenters. The second kappa shape index (κ2) is 11.7. The Balaban J connectivity index is 1.54. The Morgan fingerprint density at radius 2 is 1.77 bits per heavy atom. The van der Waals surface area contributed by atoms with Crippen molar-refractivity contribution in [1.82, 2.24) is 4.57 Å². The van der Waals surface area contributed by atoms with Crippen LogP contribution in [0.5, 0.6) is 0 Å². The Morgan fingerprint density at radius 1 is 1.02 bits per heavy atom. The van der Waals surface area contributed by atoms with Crippen molar-refractivity contribution in [2.24, 2.45) is 4.99 Å². The first kappa shape index (κ1) is 28.1. The maximum atomic E-state index is 14.0. The number of aromatic nitrogens is 1. The van der Waals surface area contributed by atoms with Crippen molar-refractivity contribution >= 4 is 46.6 Å². The molecule has 43 heavy (non-hydrogen) atoms. The third kappa shape index (κ3) is 5.48. The van der Waals surface area contributed by atoms with Gasteiger partial charge in [-0.25, -0.2) is 14.6 Å². The first-order valence-electron chi connectivity index (χ1n) is 13.3. The highest BCUT2D eigenvalue weighted by Gasteiger charge is 2.35. The largest absolute Gasteiger partial charge is 0.478 e. The quantitative estimate of drug-likeness (QED) is 0.242. The van der Waals surface area contributed by atoms with Crippen molar-refractivity contribution in [3.63, 3.8) is 0 Å². The van der Waals surface area contributed by atoms with Crippen molar-refractivity contribution in [1.29, 1.82) is 0 Å². The standard InChI is InChI=1S/C33H23ClN2O6S/c1-2-41-32(40)27-28(19-7-4-3-5-8-19)35-33-36(29(27)20-11-13-23(34)14-12-20)30(37)26(43-33)18-24-15-16-25(42-24)21-9-6-10-22(17-21)31(38)39/h3-18,29H,2H2,1H3,(H,38,39)/b26-18-/t29-/m0/s1. The van der Waals surface area contributed by atoms with Crippen LogP contribution in [0.15, 0.2) is 111 Å². The van der Waals surface area contributed by atoms with Gasteiger partial charge in [0.25, 0.3) is 5.56 Å². The highest BCUT2D eigenvalue weighted by Crippen LogP contribution is 2.35. The predicted octanol–water partition coefficient (Wildman–Crippen LogP) is 5.55. The first-order chi connectivity index (χ1) is 20.8. The van der Waals surface area contributed by atoms with Crippen molar-refractivity contribution < 1.29 is 23.8 Å². The number of benzene rings is 3. The number of carbonyl (C=O) groups excluding carboxylic acids is 1. The number of rotatable bonds is 7. The second-order valence-electron chi connectivity index (χ2n) is 9.57. The van der Waals surface area contributed by atoms with Crippen molar-refractivity contribution in [3.05, 3.63) is 144 Å². The summed E-state index contributed by atoms with van der Waals surface area (Å²) in [5, 5.41) is 9.86. The molecule has 1 aliphatic heterocycles. The summed E-state index contributed by atoms with van der Waals surface area (Å²) in [6, 6.07) is 25.3. The molecular formula is C33H23ClN2O6S. The van der Waals surface area contributed by atoms with Crippen LogP contribution in [0.4, 0.5) is 0 Å². The summed E-state index contributed by atoms with van der Waals surface area (Å²) in [5.74, 6) is -0.755. The molecule has 8 nitrogen and oxygen atoms in total. The van der Waals surface area contributed by atoms with E-state index in [1.807, 2.05) is 30.3 Å². The van der Waals surface area contributed by atoms with Gasteiger partial charge < -0.3 is 14.3 Å². The summed E-state index contributed by atoms with van der Waals surface area (Å²) in [6.07, 6.45) is 1.61. The van der Waals surface area contributed by atoms with Gasteiger partial charge in [0, 0.05) is 22.2 Å². The van der Waals surface area contributed by atoms with Crippen LogP contribution >= 0.6 is 22.9 Å². The lowest BCUT2D eigenvalue weighted by Crippen LogP contribution is -2.39. The number of fused-ring (bicyclic) bond motifs is 1. The SMILES string of the molecule is CCOC(=O)C1=C(c2ccccc2)N=c2s/c(=C\c3ccc(-c4cccc(C(=O)O)c4)o3)c(=O)n2[C@H]1c1ccc(Cl)cc1. The van der Waals surface area contributed by atoms with Crippen LogP contribution in [0.25, 0.3) is 23.1 Å². The third-order valence-electron chi connectivity index (χ3n) is 6.85. The number of thiazole rings is 1. The van der Waals surface area contributed by atoms with E-state index in [2.05, 4.69) is 0 Å². The van der Waals surface area contributed by atoms with Gasteiger partial charge in [0.05, 0.1) is 34.0 Å². The van der Waals surface area contributed by atoms with Gasteiger partial charge in [-0.3, -0.25) is 9.36 Å². The first-order valence-corrected chi connectivity index (χ1v) is 14.5. The molecule has 0 spiro atoms. The molecule has 0 saturated heterocycles. The van der Waals surface area contributed by atoms with Crippen LogP contribution in [-0.2, 0) is 9.53 Å². The van der Waals surface area contributed by atoms with Crippen LogP contribution in [-0.4, -0.2) is 28.2 Å². The highest BCUT2D eigenvalue weighted by atomic mass is 35.5. The second-order valence-corrected chi connectivity index (χ2v) is 11.0. The van der Waals surface area contributed by atoms with Crippen molar-refractivity contribution in [2.75, 3.05) is 6.61 Å². The minimum Gasteiger partial charge on any atom is -0.478 e. The van der Waals surface area contributed by atoms with Gasteiger partial charge in [0.15, 0.2) is 4.80 Å². The number of carboxylic acid groups (broad SMARTS) is 1. The van der Waals surface area contributed by atoms with Gasteiger partial charge in [0.2, 0.25) is 0 Å². The number of esters is 1. The smallest absolute Gasteiger partial charge is 0.338 e. The summed E-state index contributed by atoms with van der Waals surface area (Å²) in [5.41, 5.74) is 2.41. The number of hydrogen-bond donors (Lipinski definition) is 1. The van der Waals surface area contributed by atoms with Gasteiger partial charge in [-0.05, 0) is 48.9 Å². The highest BCUT2D eigenvalue weighted by molar-refractivity contribution is 7.07. The molecule has 3 heterocycles. The molecule has 0 amide bonds. The molecule has 1 aliphatic rings. The molecule has 0 saturated carbocycles. The monoisotopic (exact) mass is 610 g/mol. The number of furan rings is 1. The average molecular weight is 611 g/mol. The van der Waals surface area contributed by atoms with E-state index in [1.54, 1.807) is 61.5 Å². The maximum absolute atomic E-state index is 14.0. The van der Waals surface area contributed by atoms with Gasteiger partial charge in [0.1, 0.15) is 11.5 Å². The minimum atomic E-state index is -1.04. The Bertz CT molecular complexity index is 2070. The number of nitrogens with zero attached hydrogens (tertiary/aromatic N) is 2. The number of halogens is 1. The average Bonchev–Trinajstić information content (AvgIpc) is 3.61. The number of ether oxygens (including phenoxy) is 1. The van der Waals surface area contributed by atoms with Gasteiger partial charge >= 0.3 is 11.9 Å². The zero-order valence-electron chi connectivity index (χ0n) is 22.7. The topological polar surface area (TPSA) is 111 Å². The summed E-state index contributed by atoms with van der Waals surface area (Å²) >= 11 is 7.36. The van der Waals surface area contributed by atoms with E-state index in [0.29, 0.717) is 48.3 Å². The number of hydrogen-bond acceptors (Lipinski definition) is 7. The molecule has 2 aromatic heterocycles. The molecule has 0 fully saturated rings. The Labute approximate surface area is 254 Å². The predicted molar refractivity (Wildman–Crippen MR) is 164 cm³/mol. The van der Waals surface area contributed by atoms with E-state index >= 15 is 0 Å².